The lowest BCUT2D eigenvalue weighted by atomic mass is 9.80. The molecule has 0 aromatic heterocycles. The number of carbonyl (C=O) groups excluding carboxylic acids is 4. The number of piperidine rings is 1. The van der Waals surface area contributed by atoms with Crippen LogP contribution in [0.25, 0.3) is 0 Å². The molecule has 232 valence electrons. The second-order valence-corrected chi connectivity index (χ2v) is 13.1. The van der Waals surface area contributed by atoms with Crippen LogP contribution in [0.1, 0.15) is 47.0 Å². The van der Waals surface area contributed by atoms with Crippen molar-refractivity contribution in [3.63, 3.8) is 0 Å². The molecule has 0 bridgehead atoms. The topological polar surface area (TPSA) is 161 Å². The Balaban J connectivity index is 1.30. The second kappa shape index (κ2) is 10.4. The predicted molar refractivity (Wildman–Crippen MR) is 144 cm³/mol. The number of rotatable bonds is 8. The molecule has 2 aliphatic carbocycles. The molecule has 2 heterocycles. The lowest BCUT2D eigenvalue weighted by Gasteiger charge is -2.39. The maximum Gasteiger partial charge on any atom is 0.265 e. The lowest BCUT2D eigenvalue weighted by molar-refractivity contribution is -0.157. The summed E-state index contributed by atoms with van der Waals surface area (Å²) in [5.41, 5.74) is -1.96. The number of likely N-dealkylation sites (tertiary alicyclic amines) is 1. The lowest BCUT2D eigenvalue weighted by Crippen LogP contribution is -2.63. The Bertz CT molecular complexity index is 1400. The number of fused-ring (bicyclic) bond motifs is 2. The Hall–Kier alpha value is -3.86. The molecular formula is C29H34F3N5O6. The number of nitrogens with one attached hydrogen (secondary N) is 3. The van der Waals surface area contributed by atoms with Crippen LogP contribution in [0.4, 0.5) is 18.9 Å². The zero-order valence-electron chi connectivity index (χ0n) is 24.1. The van der Waals surface area contributed by atoms with E-state index in [0.29, 0.717) is 0 Å². The molecule has 3 fully saturated rings. The van der Waals surface area contributed by atoms with Gasteiger partial charge in [-0.05, 0) is 43.2 Å². The number of halogens is 3. The van der Waals surface area contributed by atoms with E-state index in [0.717, 1.165) is 12.1 Å². The molecule has 4 N–H and O–H groups in total. The molecule has 6 atom stereocenters. The van der Waals surface area contributed by atoms with Gasteiger partial charge in [-0.15, -0.1) is 0 Å². The van der Waals surface area contributed by atoms with Crippen LogP contribution in [0.3, 0.4) is 0 Å². The van der Waals surface area contributed by atoms with Crippen molar-refractivity contribution in [1.82, 2.24) is 15.5 Å². The highest BCUT2D eigenvalue weighted by atomic mass is 19.3. The molecule has 1 saturated heterocycles. The minimum atomic E-state index is -2.96. The van der Waals surface area contributed by atoms with Crippen molar-refractivity contribution in [2.24, 2.45) is 23.2 Å². The Morgan fingerprint density at radius 3 is 2.51 bits per heavy atom. The van der Waals surface area contributed by atoms with E-state index in [1.807, 2.05) is 19.9 Å². The first-order valence-electron chi connectivity index (χ1n) is 14.1. The molecule has 43 heavy (non-hydrogen) atoms. The normalized spacial score (nSPS) is 28.1. The summed E-state index contributed by atoms with van der Waals surface area (Å²) in [6.07, 6.45) is -2.71. The first kappa shape index (κ1) is 30.6. The summed E-state index contributed by atoms with van der Waals surface area (Å²) in [4.78, 5) is 54.0. The summed E-state index contributed by atoms with van der Waals surface area (Å²) in [6, 6.07) is 1.76. The first-order chi connectivity index (χ1) is 19.9. The van der Waals surface area contributed by atoms with E-state index in [4.69, 9.17) is 4.74 Å². The van der Waals surface area contributed by atoms with Gasteiger partial charge in [0.2, 0.25) is 23.6 Å². The predicted octanol–water partition coefficient (Wildman–Crippen LogP) is 1.71. The number of amides is 4. The molecule has 2 aliphatic heterocycles. The molecule has 14 heteroatoms. The van der Waals surface area contributed by atoms with E-state index in [2.05, 4.69) is 16.0 Å². The molecule has 0 spiro atoms. The molecular weight excluding hydrogens is 571 g/mol. The highest BCUT2D eigenvalue weighted by Crippen LogP contribution is 2.65. The number of carbonyl (C=O) groups is 4. The maximum atomic E-state index is 13.8. The van der Waals surface area contributed by atoms with Crippen LogP contribution < -0.4 is 20.7 Å². The summed E-state index contributed by atoms with van der Waals surface area (Å²) in [5.74, 6) is -7.49. The molecule has 1 aromatic rings. The Kier molecular flexibility index (Phi) is 7.40. The van der Waals surface area contributed by atoms with Gasteiger partial charge in [-0.2, -0.15) is 5.26 Å². The fourth-order valence-corrected chi connectivity index (χ4v) is 6.52. The van der Waals surface area contributed by atoms with Crippen LogP contribution in [0.5, 0.6) is 5.75 Å². The van der Waals surface area contributed by atoms with Gasteiger partial charge in [0, 0.05) is 37.8 Å². The summed E-state index contributed by atoms with van der Waals surface area (Å²) < 4.78 is 45.9. The van der Waals surface area contributed by atoms with Crippen LogP contribution in [0, 0.1) is 40.3 Å². The fourth-order valence-electron chi connectivity index (χ4n) is 6.52. The van der Waals surface area contributed by atoms with Gasteiger partial charge in [-0.3, -0.25) is 19.2 Å². The van der Waals surface area contributed by atoms with E-state index < -0.39 is 84.0 Å². The smallest absolute Gasteiger partial charge is 0.265 e. The van der Waals surface area contributed by atoms with Crippen LogP contribution in [-0.4, -0.2) is 75.9 Å². The molecule has 11 nitrogen and oxygen atoms in total. The van der Waals surface area contributed by atoms with Gasteiger partial charge >= 0.3 is 0 Å². The average molecular weight is 606 g/mol. The molecule has 1 aromatic carbocycles. The van der Waals surface area contributed by atoms with Gasteiger partial charge in [-0.1, -0.05) is 13.8 Å². The van der Waals surface area contributed by atoms with Crippen molar-refractivity contribution in [2.45, 2.75) is 82.7 Å². The second-order valence-electron chi connectivity index (χ2n) is 13.1. The standard InChI is InChI=1S/C29H34F3N5O6/c1-27(2)16-12-37(26(41)22(28(3,4)42)36-23(38)13-9-29(31,32)10-13)21(20(16)27)25(40)34-15(11-33)8-19-24(39)35-17-7-14(30)5-6-18(17)43-19/h5-7,13,15-16,19-22,42H,8-10,12H2,1-4H3,(H,34,40)(H,35,39)(H,36,38)/t15-,16-,19-,20-,21-,22+/m0/s1. The zero-order valence-corrected chi connectivity index (χ0v) is 24.1. The molecule has 4 amide bonds. The quantitative estimate of drug-likeness (QED) is 0.351. The maximum absolute atomic E-state index is 13.8. The summed E-state index contributed by atoms with van der Waals surface area (Å²) >= 11 is 0. The molecule has 2 saturated carbocycles. The van der Waals surface area contributed by atoms with Crippen LogP contribution in [-0.2, 0) is 19.2 Å². The Labute approximate surface area is 246 Å². The van der Waals surface area contributed by atoms with Crippen LogP contribution in [0.15, 0.2) is 18.2 Å². The van der Waals surface area contributed by atoms with Crippen molar-refractivity contribution < 1.29 is 42.2 Å². The minimum Gasteiger partial charge on any atom is -0.478 e. The third-order valence-corrected chi connectivity index (χ3v) is 9.14. The van der Waals surface area contributed by atoms with Crippen molar-refractivity contribution >= 4 is 29.3 Å². The van der Waals surface area contributed by atoms with Crippen molar-refractivity contribution in [3.05, 3.63) is 24.0 Å². The number of hydrogen-bond donors (Lipinski definition) is 4. The molecule has 0 radical (unpaired) electrons. The van der Waals surface area contributed by atoms with E-state index in [1.54, 1.807) is 0 Å². The van der Waals surface area contributed by atoms with E-state index in [-0.39, 0.29) is 41.7 Å². The summed E-state index contributed by atoms with van der Waals surface area (Å²) in [7, 11) is 0. The van der Waals surface area contributed by atoms with Crippen LogP contribution >= 0.6 is 0 Å². The Morgan fingerprint density at radius 2 is 1.91 bits per heavy atom. The number of anilines is 1. The Morgan fingerprint density at radius 1 is 1.23 bits per heavy atom. The van der Waals surface area contributed by atoms with Gasteiger partial charge in [-0.25, -0.2) is 13.2 Å². The number of aliphatic hydroxyl groups is 1. The largest absolute Gasteiger partial charge is 0.478 e. The zero-order chi connectivity index (χ0) is 31.6. The number of ether oxygens (including phenoxy) is 1. The van der Waals surface area contributed by atoms with Crippen molar-refractivity contribution in [2.75, 3.05) is 11.9 Å². The summed E-state index contributed by atoms with van der Waals surface area (Å²) in [5, 5.41) is 28.2. The average Bonchev–Trinajstić information content (AvgIpc) is 3.20. The van der Waals surface area contributed by atoms with Crippen LogP contribution in [0.2, 0.25) is 0 Å². The SMILES string of the molecule is CC(C)(O)[C@H](NC(=O)C1CC(F)(F)C1)C(=O)N1C[C@H]2[C@@H]([C@H]1C(=O)N[C@H](C#N)C[C@@H]1Oc3ccc(F)cc3NC1=O)C2(C)C. The summed E-state index contributed by atoms with van der Waals surface area (Å²) in [6.45, 7) is 6.64. The molecule has 0 unspecified atom stereocenters. The highest BCUT2D eigenvalue weighted by Gasteiger charge is 2.70. The molecule has 4 aliphatic rings. The number of nitriles is 1. The number of benzene rings is 1. The van der Waals surface area contributed by atoms with Crippen molar-refractivity contribution in [1.29, 1.82) is 5.26 Å². The van der Waals surface area contributed by atoms with Gasteiger partial charge in [0.15, 0.2) is 6.10 Å². The van der Waals surface area contributed by atoms with E-state index in [9.17, 15) is 42.7 Å². The monoisotopic (exact) mass is 605 g/mol. The van der Waals surface area contributed by atoms with Gasteiger partial charge in [0.1, 0.15) is 29.7 Å². The van der Waals surface area contributed by atoms with Gasteiger partial charge < -0.3 is 30.7 Å². The van der Waals surface area contributed by atoms with Crippen molar-refractivity contribution in [3.8, 4) is 11.8 Å². The number of alkyl halides is 2. The third kappa shape index (κ3) is 5.74. The molecule has 5 rings (SSSR count). The highest BCUT2D eigenvalue weighted by molar-refractivity contribution is 5.98. The number of nitrogens with zero attached hydrogens (tertiary/aromatic N) is 2. The van der Waals surface area contributed by atoms with Gasteiger partial charge in [0.05, 0.1) is 17.4 Å². The van der Waals surface area contributed by atoms with E-state index in [1.165, 1.54) is 24.8 Å². The van der Waals surface area contributed by atoms with E-state index >= 15 is 0 Å². The third-order valence-electron chi connectivity index (χ3n) is 9.14. The number of hydrogen-bond acceptors (Lipinski definition) is 7. The first-order valence-corrected chi connectivity index (χ1v) is 14.1. The minimum absolute atomic E-state index is 0.0689. The van der Waals surface area contributed by atoms with Gasteiger partial charge in [0.25, 0.3) is 5.91 Å². The fraction of sp³-hybridized carbons (Fsp3) is 0.621.